The number of nitrogens with one attached hydrogen (secondary N) is 1. The fourth-order valence-corrected chi connectivity index (χ4v) is 3.87. The molecule has 0 amide bonds. The normalized spacial score (nSPS) is 21.3. The van der Waals surface area contributed by atoms with Gasteiger partial charge in [-0.05, 0) is 24.1 Å². The molecule has 0 unspecified atom stereocenters. The molecule has 0 saturated heterocycles. The molecule has 28 heavy (non-hydrogen) atoms. The van der Waals surface area contributed by atoms with Crippen molar-refractivity contribution in [2.24, 2.45) is 0 Å². The molecule has 2 aromatic heterocycles. The van der Waals surface area contributed by atoms with E-state index in [0.717, 1.165) is 0 Å². The van der Waals surface area contributed by atoms with Gasteiger partial charge >= 0.3 is 6.18 Å². The Hall–Kier alpha value is -1.63. The predicted molar refractivity (Wildman–Crippen MR) is 96.7 cm³/mol. The van der Waals surface area contributed by atoms with Gasteiger partial charge in [0.05, 0.1) is 23.4 Å². The van der Waals surface area contributed by atoms with Crippen LogP contribution >= 0.6 is 22.6 Å². The van der Waals surface area contributed by atoms with Gasteiger partial charge in [-0.2, -0.15) is 13.2 Å². The van der Waals surface area contributed by atoms with Gasteiger partial charge in [0.25, 0.3) is 5.92 Å². The van der Waals surface area contributed by atoms with Crippen molar-refractivity contribution in [3.8, 4) is 0 Å². The Kier molecular flexibility index (Phi) is 5.51. The topological polar surface area (TPSA) is 58.0 Å². The molecule has 3 rings (SSSR count). The minimum absolute atomic E-state index is 0.0222. The lowest BCUT2D eigenvalue weighted by atomic mass is 9.75. The Balaban J connectivity index is 2.09. The van der Waals surface area contributed by atoms with Crippen molar-refractivity contribution in [2.75, 3.05) is 11.9 Å². The van der Waals surface area contributed by atoms with Gasteiger partial charge in [-0.3, -0.25) is 4.98 Å². The molecular formula is C17H14F6IN3O. The summed E-state index contributed by atoms with van der Waals surface area (Å²) in [4.78, 5) is 7.42. The van der Waals surface area contributed by atoms with Gasteiger partial charge in [-0.1, -0.05) is 22.6 Å². The molecule has 0 radical (unpaired) electrons. The van der Waals surface area contributed by atoms with Gasteiger partial charge < -0.3 is 10.4 Å². The van der Waals surface area contributed by atoms with E-state index < -0.39 is 47.9 Å². The molecule has 0 aromatic carbocycles. The first-order chi connectivity index (χ1) is 13.0. The lowest BCUT2D eigenvalue weighted by Crippen LogP contribution is -2.46. The molecule has 1 aliphatic rings. The van der Waals surface area contributed by atoms with E-state index >= 15 is 0 Å². The number of aliphatic hydroxyl groups excluding tert-OH is 1. The van der Waals surface area contributed by atoms with Crippen molar-refractivity contribution in [3.05, 3.63) is 52.7 Å². The quantitative estimate of drug-likeness (QED) is 0.349. The number of alkyl halides is 6. The highest BCUT2D eigenvalue weighted by atomic mass is 127. The van der Waals surface area contributed by atoms with E-state index in [9.17, 15) is 31.4 Å². The third-order valence-electron chi connectivity index (χ3n) is 4.70. The highest BCUT2D eigenvalue weighted by Gasteiger charge is 2.49. The Morgan fingerprint density at radius 3 is 2.50 bits per heavy atom. The van der Waals surface area contributed by atoms with E-state index in [1.807, 2.05) is 22.6 Å². The number of pyridine rings is 2. The summed E-state index contributed by atoms with van der Waals surface area (Å²) in [6.45, 7) is -0.692. The number of aromatic nitrogens is 2. The molecule has 11 heteroatoms. The summed E-state index contributed by atoms with van der Waals surface area (Å²) in [5, 5.41) is 12.6. The molecule has 1 aliphatic carbocycles. The van der Waals surface area contributed by atoms with Crippen molar-refractivity contribution >= 4 is 28.4 Å². The fourth-order valence-electron chi connectivity index (χ4n) is 3.29. The van der Waals surface area contributed by atoms with Crippen LogP contribution in [0.1, 0.15) is 35.2 Å². The second-order valence-corrected chi connectivity index (χ2v) is 7.20. The first kappa shape index (κ1) is 21.1. The smallest absolute Gasteiger partial charge is 0.394 e. The van der Waals surface area contributed by atoms with Crippen LogP contribution in [0.4, 0.5) is 32.2 Å². The number of fused-ring (bicyclic) bond motifs is 1. The van der Waals surface area contributed by atoms with Crippen LogP contribution in [-0.4, -0.2) is 21.7 Å². The number of nitrogens with zero attached hydrogens (tertiary/aromatic N) is 2. The Morgan fingerprint density at radius 2 is 1.93 bits per heavy atom. The Bertz CT molecular complexity index is 892. The number of anilines is 1. The maximum atomic E-state index is 14.6. The standard InChI is InChI=1S/C17H14F6IN3O/c18-11-5-9(17(21,22)23)7-26-14(11)27-15(8-28)2-3-16(19,20)13-10(15)1-4-25-12(13)6-24/h1,4-5,7,28H,2-3,6,8H2,(H,26,27)/t15-/m1/s1. The third-order valence-corrected chi connectivity index (χ3v) is 5.42. The van der Waals surface area contributed by atoms with E-state index in [0.29, 0.717) is 6.20 Å². The number of rotatable bonds is 4. The van der Waals surface area contributed by atoms with E-state index in [1.54, 1.807) is 0 Å². The van der Waals surface area contributed by atoms with Crippen LogP contribution in [-0.2, 0) is 22.1 Å². The van der Waals surface area contributed by atoms with Crippen molar-refractivity contribution < 1.29 is 31.4 Å². The van der Waals surface area contributed by atoms with Crippen LogP contribution in [0.15, 0.2) is 24.5 Å². The second-order valence-electron chi connectivity index (χ2n) is 6.44. The molecule has 4 nitrogen and oxygen atoms in total. The van der Waals surface area contributed by atoms with Crippen LogP contribution in [0, 0.1) is 5.82 Å². The van der Waals surface area contributed by atoms with E-state index in [1.165, 1.54) is 12.3 Å². The van der Waals surface area contributed by atoms with Gasteiger partial charge in [-0.15, -0.1) is 0 Å². The van der Waals surface area contributed by atoms with Crippen molar-refractivity contribution in [2.45, 2.75) is 34.9 Å². The minimum Gasteiger partial charge on any atom is -0.394 e. The lowest BCUT2D eigenvalue weighted by Gasteiger charge is -2.42. The average molecular weight is 517 g/mol. The minimum atomic E-state index is -4.78. The zero-order valence-corrected chi connectivity index (χ0v) is 16.3. The Labute approximate surface area is 169 Å². The molecule has 2 N–H and O–H groups in total. The van der Waals surface area contributed by atoms with Gasteiger partial charge in [0.15, 0.2) is 11.6 Å². The molecule has 2 heterocycles. The molecule has 0 spiro atoms. The Morgan fingerprint density at radius 1 is 1.21 bits per heavy atom. The molecule has 0 saturated carbocycles. The monoisotopic (exact) mass is 517 g/mol. The fraction of sp³-hybridized carbons (Fsp3) is 0.412. The van der Waals surface area contributed by atoms with Crippen LogP contribution in [0.3, 0.4) is 0 Å². The summed E-state index contributed by atoms with van der Waals surface area (Å²) >= 11 is 1.88. The van der Waals surface area contributed by atoms with Crippen LogP contribution in [0.25, 0.3) is 0 Å². The summed E-state index contributed by atoms with van der Waals surface area (Å²) in [6.07, 6.45) is -3.96. The zero-order chi connectivity index (χ0) is 20.7. The number of hydrogen-bond donors (Lipinski definition) is 2. The zero-order valence-electron chi connectivity index (χ0n) is 14.1. The highest BCUT2D eigenvalue weighted by molar-refractivity contribution is 14.1. The molecule has 0 bridgehead atoms. The lowest BCUT2D eigenvalue weighted by molar-refractivity contribution is -0.138. The van der Waals surface area contributed by atoms with Gasteiger partial charge in [-0.25, -0.2) is 18.2 Å². The second kappa shape index (κ2) is 7.32. The summed E-state index contributed by atoms with van der Waals surface area (Å²) < 4.78 is 81.7. The number of aliphatic hydroxyl groups is 1. The van der Waals surface area contributed by atoms with E-state index in [2.05, 4.69) is 15.3 Å². The summed E-state index contributed by atoms with van der Waals surface area (Å²) in [6, 6.07) is 1.56. The van der Waals surface area contributed by atoms with Crippen LogP contribution in [0.5, 0.6) is 0 Å². The first-order valence-corrected chi connectivity index (χ1v) is 9.61. The first-order valence-electron chi connectivity index (χ1n) is 8.08. The van der Waals surface area contributed by atoms with E-state index in [-0.39, 0.29) is 33.7 Å². The van der Waals surface area contributed by atoms with Crippen molar-refractivity contribution in [1.29, 1.82) is 0 Å². The predicted octanol–water partition coefficient (Wildman–Crippen LogP) is 4.75. The van der Waals surface area contributed by atoms with Gasteiger partial charge in [0.2, 0.25) is 0 Å². The van der Waals surface area contributed by atoms with Crippen LogP contribution < -0.4 is 5.32 Å². The van der Waals surface area contributed by atoms with Crippen molar-refractivity contribution in [1.82, 2.24) is 9.97 Å². The maximum Gasteiger partial charge on any atom is 0.417 e. The number of halogens is 7. The molecular weight excluding hydrogens is 503 g/mol. The van der Waals surface area contributed by atoms with Crippen molar-refractivity contribution in [3.63, 3.8) is 0 Å². The molecule has 2 aromatic rings. The average Bonchev–Trinajstić information content (AvgIpc) is 2.64. The molecule has 1 atom stereocenters. The summed E-state index contributed by atoms with van der Waals surface area (Å²) in [7, 11) is 0. The highest BCUT2D eigenvalue weighted by Crippen LogP contribution is 2.49. The molecule has 0 aliphatic heterocycles. The summed E-state index contributed by atoms with van der Waals surface area (Å²) in [5.41, 5.74) is -3.02. The van der Waals surface area contributed by atoms with E-state index in [4.69, 9.17) is 0 Å². The molecule has 0 fully saturated rings. The van der Waals surface area contributed by atoms with Crippen LogP contribution in [0.2, 0.25) is 0 Å². The SMILES string of the molecule is OC[C@]1(Nc2ncc(C(F)(F)F)cc2F)CCC(F)(F)c2c1ccnc2CI. The summed E-state index contributed by atoms with van der Waals surface area (Å²) in [5.74, 6) is -5.06. The maximum absolute atomic E-state index is 14.6. The van der Waals surface area contributed by atoms with Gasteiger partial charge in [0, 0.05) is 28.8 Å². The number of hydrogen-bond acceptors (Lipinski definition) is 4. The molecule has 152 valence electrons. The third kappa shape index (κ3) is 3.65. The largest absolute Gasteiger partial charge is 0.417 e. The van der Waals surface area contributed by atoms with Gasteiger partial charge in [0.1, 0.15) is 0 Å².